The molecule has 2 amide bonds. The molecule has 1 fully saturated rings. The summed E-state index contributed by atoms with van der Waals surface area (Å²) in [6.45, 7) is 2.69. The Morgan fingerprint density at radius 1 is 1.00 bits per heavy atom. The van der Waals surface area contributed by atoms with Gasteiger partial charge in [0.2, 0.25) is 11.9 Å². The summed E-state index contributed by atoms with van der Waals surface area (Å²) in [4.78, 5) is 38.6. The number of benzene rings is 3. The summed E-state index contributed by atoms with van der Waals surface area (Å²) in [5.41, 5.74) is 5.80. The Morgan fingerprint density at radius 2 is 1.75 bits per heavy atom. The van der Waals surface area contributed by atoms with E-state index in [1.807, 2.05) is 47.4 Å². The van der Waals surface area contributed by atoms with Crippen LogP contribution in [0.1, 0.15) is 21.5 Å². The second kappa shape index (κ2) is 10.7. The summed E-state index contributed by atoms with van der Waals surface area (Å²) < 4.78 is 0. The van der Waals surface area contributed by atoms with Crippen LogP contribution in [0.2, 0.25) is 5.02 Å². The topological polar surface area (TPSA) is 114 Å². The van der Waals surface area contributed by atoms with Crippen molar-refractivity contribution in [3.8, 4) is 17.3 Å². The predicted octanol–water partition coefficient (Wildman–Crippen LogP) is 4.87. The lowest BCUT2D eigenvalue weighted by molar-refractivity contribution is -0.115. The summed E-state index contributed by atoms with van der Waals surface area (Å²) >= 11 is 6.13. The van der Waals surface area contributed by atoms with Crippen molar-refractivity contribution in [2.45, 2.75) is 6.42 Å². The van der Waals surface area contributed by atoms with Crippen molar-refractivity contribution in [1.82, 2.24) is 14.9 Å². The molecule has 0 bridgehead atoms. The van der Waals surface area contributed by atoms with Gasteiger partial charge in [-0.25, -0.2) is 9.97 Å². The van der Waals surface area contributed by atoms with Crippen LogP contribution in [0.15, 0.2) is 72.9 Å². The number of aromatic nitrogens is 2. The van der Waals surface area contributed by atoms with E-state index in [0.29, 0.717) is 46.6 Å². The summed E-state index contributed by atoms with van der Waals surface area (Å²) in [5, 5.41) is 15.6. The number of rotatable bonds is 4. The first-order chi connectivity index (χ1) is 19.5. The molecule has 9 nitrogen and oxygen atoms in total. The van der Waals surface area contributed by atoms with Crippen LogP contribution in [-0.4, -0.2) is 52.9 Å². The molecule has 3 aromatic carbocycles. The quantitative estimate of drug-likeness (QED) is 0.373. The third-order valence-corrected chi connectivity index (χ3v) is 7.28. The average molecular weight is 550 g/mol. The van der Waals surface area contributed by atoms with Crippen molar-refractivity contribution in [2.75, 3.05) is 41.7 Å². The fourth-order valence-electron chi connectivity index (χ4n) is 4.95. The fraction of sp³-hybridized carbons (Fsp3) is 0.167. The molecule has 3 heterocycles. The zero-order valence-corrected chi connectivity index (χ0v) is 22.2. The van der Waals surface area contributed by atoms with E-state index in [-0.39, 0.29) is 18.2 Å². The van der Waals surface area contributed by atoms with E-state index in [1.54, 1.807) is 30.5 Å². The second-order valence-electron chi connectivity index (χ2n) is 9.62. The number of halogens is 1. The molecule has 198 valence electrons. The molecular weight excluding hydrogens is 526 g/mol. The standard InChI is InChI=1S/C30H24ClN7O2/c31-22-5-10-25-26(16-22)35-27(39)15-21-18-33-30(36-28(21)25)34-23-6-3-20(4-7-23)29(40)38-13-11-37(12-14-38)24-8-1-19(17-32)2-9-24/h1-10,16,18H,11-15H2,(H,35,39)(H,33,34,36). The molecule has 40 heavy (non-hydrogen) atoms. The molecule has 1 aromatic heterocycles. The van der Waals surface area contributed by atoms with Crippen LogP contribution >= 0.6 is 11.6 Å². The van der Waals surface area contributed by atoms with Crippen LogP contribution in [0, 0.1) is 11.3 Å². The minimum absolute atomic E-state index is 0.0141. The van der Waals surface area contributed by atoms with Gasteiger partial charge in [0.05, 0.1) is 29.4 Å². The number of carbonyl (C=O) groups is 2. The zero-order valence-electron chi connectivity index (χ0n) is 21.4. The number of nitrogens with one attached hydrogen (secondary N) is 2. The number of fused-ring (bicyclic) bond motifs is 3. The monoisotopic (exact) mass is 549 g/mol. The number of hydrogen-bond donors (Lipinski definition) is 2. The first-order valence-corrected chi connectivity index (χ1v) is 13.2. The lowest BCUT2D eigenvalue weighted by Crippen LogP contribution is -2.48. The smallest absolute Gasteiger partial charge is 0.253 e. The van der Waals surface area contributed by atoms with E-state index < -0.39 is 0 Å². The van der Waals surface area contributed by atoms with E-state index in [9.17, 15) is 9.59 Å². The lowest BCUT2D eigenvalue weighted by Gasteiger charge is -2.36. The fourth-order valence-corrected chi connectivity index (χ4v) is 5.12. The first-order valence-electron chi connectivity index (χ1n) is 12.8. The Morgan fingerprint density at radius 3 is 2.48 bits per heavy atom. The van der Waals surface area contributed by atoms with Crippen LogP contribution in [-0.2, 0) is 11.2 Å². The largest absolute Gasteiger partial charge is 0.368 e. The molecular formula is C30H24ClN7O2. The van der Waals surface area contributed by atoms with Crippen LogP contribution in [0.25, 0.3) is 11.3 Å². The Balaban J connectivity index is 1.12. The molecule has 6 rings (SSSR count). The summed E-state index contributed by atoms with van der Waals surface area (Å²) in [7, 11) is 0. The van der Waals surface area contributed by atoms with Crippen molar-refractivity contribution >= 4 is 46.4 Å². The number of piperazine rings is 1. The SMILES string of the molecule is N#Cc1ccc(N2CCN(C(=O)c3ccc(Nc4ncc5c(n4)-c4ccc(Cl)cc4NC(=O)C5)cc3)CC2)cc1. The number of anilines is 4. The van der Waals surface area contributed by atoms with Crippen LogP contribution < -0.4 is 15.5 Å². The van der Waals surface area contributed by atoms with Crippen molar-refractivity contribution < 1.29 is 9.59 Å². The first kappa shape index (κ1) is 25.3. The van der Waals surface area contributed by atoms with Crippen LogP contribution in [0.4, 0.5) is 23.0 Å². The number of nitrogens with zero attached hydrogens (tertiary/aromatic N) is 5. The molecule has 0 saturated carbocycles. The molecule has 2 N–H and O–H groups in total. The van der Waals surface area contributed by atoms with Crippen molar-refractivity contribution in [3.05, 3.63) is 94.6 Å². The van der Waals surface area contributed by atoms with Crippen molar-refractivity contribution in [1.29, 1.82) is 5.26 Å². The highest BCUT2D eigenvalue weighted by atomic mass is 35.5. The molecule has 0 spiro atoms. The molecule has 0 atom stereocenters. The van der Waals surface area contributed by atoms with Gasteiger partial charge in [-0.05, 0) is 66.7 Å². The molecule has 0 radical (unpaired) electrons. The third kappa shape index (κ3) is 5.17. The Kier molecular flexibility index (Phi) is 6.76. The zero-order chi connectivity index (χ0) is 27.6. The molecule has 2 aliphatic rings. The van der Waals surface area contributed by atoms with E-state index in [0.717, 1.165) is 35.6 Å². The van der Waals surface area contributed by atoms with Gasteiger partial charge in [0.1, 0.15) is 0 Å². The van der Waals surface area contributed by atoms with Crippen molar-refractivity contribution in [2.24, 2.45) is 0 Å². The maximum atomic E-state index is 13.1. The van der Waals surface area contributed by atoms with Gasteiger partial charge in [-0.15, -0.1) is 0 Å². The molecule has 0 aliphatic carbocycles. The Labute approximate surface area is 236 Å². The van der Waals surface area contributed by atoms with Gasteiger partial charge in [-0.2, -0.15) is 5.26 Å². The van der Waals surface area contributed by atoms with Gasteiger partial charge in [-0.1, -0.05) is 11.6 Å². The number of hydrogen-bond acceptors (Lipinski definition) is 7. The van der Waals surface area contributed by atoms with E-state index in [4.69, 9.17) is 21.8 Å². The van der Waals surface area contributed by atoms with Gasteiger partial charge in [0.15, 0.2) is 0 Å². The summed E-state index contributed by atoms with van der Waals surface area (Å²) in [6.07, 6.45) is 1.82. The van der Waals surface area contributed by atoms with Gasteiger partial charge >= 0.3 is 0 Å². The number of amides is 2. The van der Waals surface area contributed by atoms with E-state index >= 15 is 0 Å². The van der Waals surface area contributed by atoms with E-state index in [2.05, 4.69) is 26.6 Å². The maximum Gasteiger partial charge on any atom is 0.253 e. The molecule has 1 saturated heterocycles. The minimum atomic E-state index is -0.150. The minimum Gasteiger partial charge on any atom is -0.368 e. The van der Waals surface area contributed by atoms with Crippen LogP contribution in [0.3, 0.4) is 0 Å². The highest BCUT2D eigenvalue weighted by Gasteiger charge is 2.23. The van der Waals surface area contributed by atoms with Gasteiger partial charge in [-0.3, -0.25) is 9.59 Å². The third-order valence-electron chi connectivity index (χ3n) is 7.04. The predicted molar refractivity (Wildman–Crippen MR) is 154 cm³/mol. The highest BCUT2D eigenvalue weighted by molar-refractivity contribution is 6.31. The Hall–Kier alpha value is -4.94. The number of nitriles is 1. The summed E-state index contributed by atoms with van der Waals surface area (Å²) in [6, 6.07) is 22.2. The summed E-state index contributed by atoms with van der Waals surface area (Å²) in [5.74, 6) is 0.217. The van der Waals surface area contributed by atoms with Crippen LogP contribution in [0.5, 0.6) is 0 Å². The second-order valence-corrected chi connectivity index (χ2v) is 10.1. The van der Waals surface area contributed by atoms with E-state index in [1.165, 1.54) is 0 Å². The lowest BCUT2D eigenvalue weighted by atomic mass is 10.1. The highest BCUT2D eigenvalue weighted by Crippen LogP contribution is 2.35. The molecule has 10 heteroatoms. The molecule has 0 unspecified atom stereocenters. The normalized spacial score (nSPS) is 14.3. The number of carbonyl (C=O) groups excluding carboxylic acids is 2. The molecule has 2 aliphatic heterocycles. The van der Waals surface area contributed by atoms with Crippen molar-refractivity contribution in [3.63, 3.8) is 0 Å². The van der Waals surface area contributed by atoms with Gasteiger partial charge in [0.25, 0.3) is 5.91 Å². The Bertz CT molecular complexity index is 1640. The average Bonchev–Trinajstić information content (AvgIpc) is 3.12. The van der Waals surface area contributed by atoms with Gasteiger partial charge in [0, 0.05) is 65.5 Å². The maximum absolute atomic E-state index is 13.1. The molecule has 4 aromatic rings. The van der Waals surface area contributed by atoms with Gasteiger partial charge < -0.3 is 20.4 Å².